The van der Waals surface area contributed by atoms with Crippen molar-refractivity contribution in [2.24, 2.45) is 0 Å². The lowest BCUT2D eigenvalue weighted by atomic mass is 9.88. The molecule has 0 bridgehead atoms. The van der Waals surface area contributed by atoms with Crippen LogP contribution >= 0.6 is 11.6 Å². The van der Waals surface area contributed by atoms with E-state index in [9.17, 15) is 0 Å². The van der Waals surface area contributed by atoms with Crippen molar-refractivity contribution in [3.8, 4) is 11.1 Å². The summed E-state index contributed by atoms with van der Waals surface area (Å²) in [5, 5.41) is 4.19. The average molecular weight is 341 g/mol. The van der Waals surface area contributed by atoms with E-state index >= 15 is 0 Å². The van der Waals surface area contributed by atoms with Gasteiger partial charge in [-0.25, -0.2) is 0 Å². The van der Waals surface area contributed by atoms with Gasteiger partial charge in [-0.05, 0) is 36.5 Å². The van der Waals surface area contributed by atoms with Crippen molar-refractivity contribution in [2.75, 3.05) is 6.67 Å². The van der Waals surface area contributed by atoms with Crippen LogP contribution in [0.25, 0.3) is 11.1 Å². The number of piperidine rings is 1. The Balaban J connectivity index is 0.000000815. The van der Waals surface area contributed by atoms with Crippen LogP contribution in [0, 0.1) is 0 Å². The first-order chi connectivity index (χ1) is 11.8. The molecule has 0 radical (unpaired) electrons. The molecule has 0 aromatic heterocycles. The molecule has 1 saturated heterocycles. The van der Waals surface area contributed by atoms with E-state index < -0.39 is 0 Å². The molecule has 4 rings (SSSR count). The Labute approximate surface area is 150 Å². The Morgan fingerprint density at radius 3 is 2.50 bits per heavy atom. The second-order valence-electron chi connectivity index (χ2n) is 5.94. The zero-order valence-electron chi connectivity index (χ0n) is 14.4. The van der Waals surface area contributed by atoms with Crippen LogP contribution in [-0.4, -0.2) is 11.6 Å². The lowest BCUT2D eigenvalue weighted by molar-refractivity contribution is 0.215. The van der Waals surface area contributed by atoms with Crippen LogP contribution in [0.2, 0.25) is 5.02 Å². The SMILES string of the molecule is CC.Clc1ccccc1-c1ccccc1C1CCCC2=CNCN21. The van der Waals surface area contributed by atoms with Gasteiger partial charge in [-0.1, -0.05) is 67.9 Å². The second kappa shape index (κ2) is 7.76. The first kappa shape index (κ1) is 16.9. The minimum absolute atomic E-state index is 0.433. The Morgan fingerprint density at radius 2 is 1.71 bits per heavy atom. The Kier molecular flexibility index (Phi) is 5.47. The zero-order chi connectivity index (χ0) is 16.9. The van der Waals surface area contributed by atoms with E-state index in [0.29, 0.717) is 6.04 Å². The van der Waals surface area contributed by atoms with Crippen LogP contribution in [0.3, 0.4) is 0 Å². The Morgan fingerprint density at radius 1 is 1.00 bits per heavy atom. The van der Waals surface area contributed by atoms with E-state index in [2.05, 4.69) is 52.8 Å². The first-order valence-corrected chi connectivity index (χ1v) is 9.25. The average Bonchev–Trinajstić information content (AvgIpc) is 3.13. The van der Waals surface area contributed by atoms with Crippen molar-refractivity contribution in [1.29, 1.82) is 0 Å². The lowest BCUT2D eigenvalue weighted by Crippen LogP contribution is -2.31. The molecule has 0 saturated carbocycles. The van der Waals surface area contributed by atoms with Crippen molar-refractivity contribution >= 4 is 11.6 Å². The van der Waals surface area contributed by atoms with Gasteiger partial charge in [0.15, 0.2) is 0 Å². The van der Waals surface area contributed by atoms with E-state index in [1.165, 1.54) is 36.1 Å². The van der Waals surface area contributed by atoms with Crippen LogP contribution in [0.5, 0.6) is 0 Å². The summed E-state index contributed by atoms with van der Waals surface area (Å²) < 4.78 is 0. The number of rotatable bonds is 2. The number of nitrogens with one attached hydrogen (secondary N) is 1. The van der Waals surface area contributed by atoms with Gasteiger partial charge in [0.25, 0.3) is 0 Å². The van der Waals surface area contributed by atoms with E-state index in [-0.39, 0.29) is 0 Å². The predicted molar refractivity (Wildman–Crippen MR) is 103 cm³/mol. The number of halogens is 1. The highest BCUT2D eigenvalue weighted by atomic mass is 35.5. The van der Waals surface area contributed by atoms with Gasteiger partial charge in [-0.3, -0.25) is 0 Å². The summed E-state index contributed by atoms with van der Waals surface area (Å²) in [4.78, 5) is 2.50. The van der Waals surface area contributed by atoms with Gasteiger partial charge in [-0.15, -0.1) is 0 Å². The molecule has 0 amide bonds. The fraction of sp³-hybridized carbons (Fsp3) is 0.333. The van der Waals surface area contributed by atoms with Gasteiger partial charge in [0.05, 0.1) is 12.7 Å². The molecule has 1 unspecified atom stereocenters. The monoisotopic (exact) mass is 340 g/mol. The molecule has 2 aliphatic heterocycles. The summed E-state index contributed by atoms with van der Waals surface area (Å²) in [6.07, 6.45) is 5.79. The van der Waals surface area contributed by atoms with E-state index in [1.54, 1.807) is 0 Å². The van der Waals surface area contributed by atoms with E-state index in [4.69, 9.17) is 11.6 Å². The largest absolute Gasteiger partial charge is 0.372 e. The van der Waals surface area contributed by atoms with Crippen molar-refractivity contribution in [2.45, 2.75) is 39.2 Å². The number of allylic oxidation sites excluding steroid dienone is 1. The molecule has 1 N–H and O–H groups in total. The molecular formula is C21H25ClN2. The summed E-state index contributed by atoms with van der Waals surface area (Å²) in [6, 6.07) is 17.2. The molecule has 0 aliphatic carbocycles. The normalized spacial score (nSPS) is 18.9. The fourth-order valence-electron chi connectivity index (χ4n) is 3.64. The molecule has 1 fully saturated rings. The fourth-order valence-corrected chi connectivity index (χ4v) is 3.88. The third-order valence-electron chi connectivity index (χ3n) is 4.67. The van der Waals surface area contributed by atoms with Crippen LogP contribution in [0.4, 0.5) is 0 Å². The molecule has 24 heavy (non-hydrogen) atoms. The van der Waals surface area contributed by atoms with Gasteiger partial charge < -0.3 is 10.2 Å². The molecule has 2 aromatic rings. The third kappa shape index (κ3) is 3.16. The molecule has 2 aliphatic rings. The number of hydrogen-bond acceptors (Lipinski definition) is 2. The number of fused-ring (bicyclic) bond motifs is 1. The molecule has 2 aromatic carbocycles. The maximum Gasteiger partial charge on any atom is 0.0876 e. The molecular weight excluding hydrogens is 316 g/mol. The van der Waals surface area contributed by atoms with Gasteiger partial charge in [0, 0.05) is 22.5 Å². The minimum Gasteiger partial charge on any atom is -0.372 e. The summed E-state index contributed by atoms with van der Waals surface area (Å²) in [5.74, 6) is 0. The quantitative estimate of drug-likeness (QED) is 0.725. The molecule has 1 atom stereocenters. The standard InChI is InChI=1S/C19H19ClN2.C2H6/c20-18-10-4-3-8-16(18)15-7-1-2-9-17(15)19-11-5-6-14-12-21-13-22(14)19;1-2/h1-4,7-10,12,19,21H,5-6,11,13H2;1-2H3. The van der Waals surface area contributed by atoms with Gasteiger partial charge in [0.2, 0.25) is 0 Å². The van der Waals surface area contributed by atoms with Crippen molar-refractivity contribution in [3.63, 3.8) is 0 Å². The van der Waals surface area contributed by atoms with E-state index in [1.807, 2.05) is 26.0 Å². The topological polar surface area (TPSA) is 15.3 Å². The second-order valence-corrected chi connectivity index (χ2v) is 6.35. The van der Waals surface area contributed by atoms with Gasteiger partial charge >= 0.3 is 0 Å². The lowest BCUT2D eigenvalue weighted by Gasteiger charge is -2.37. The Bertz CT molecular complexity index is 723. The third-order valence-corrected chi connectivity index (χ3v) is 5.00. The zero-order valence-corrected chi connectivity index (χ0v) is 15.2. The highest BCUT2D eigenvalue weighted by molar-refractivity contribution is 6.33. The molecule has 0 spiro atoms. The summed E-state index contributed by atoms with van der Waals surface area (Å²) >= 11 is 6.44. The van der Waals surface area contributed by atoms with Crippen molar-refractivity contribution in [1.82, 2.24) is 10.2 Å². The molecule has 3 heteroatoms. The number of hydrogen-bond donors (Lipinski definition) is 1. The summed E-state index contributed by atoms with van der Waals surface area (Å²) in [6.45, 7) is 4.91. The van der Waals surface area contributed by atoms with Crippen LogP contribution in [0.1, 0.15) is 44.7 Å². The van der Waals surface area contributed by atoms with Crippen molar-refractivity contribution in [3.05, 3.63) is 71.0 Å². The summed E-state index contributed by atoms with van der Waals surface area (Å²) in [5.41, 5.74) is 5.20. The van der Waals surface area contributed by atoms with Crippen LogP contribution < -0.4 is 5.32 Å². The maximum absolute atomic E-state index is 6.44. The van der Waals surface area contributed by atoms with Crippen LogP contribution in [-0.2, 0) is 0 Å². The number of benzene rings is 2. The molecule has 126 valence electrons. The Hall–Kier alpha value is -1.93. The first-order valence-electron chi connectivity index (χ1n) is 8.87. The highest BCUT2D eigenvalue weighted by Gasteiger charge is 2.30. The minimum atomic E-state index is 0.433. The van der Waals surface area contributed by atoms with Gasteiger partial charge in [0.1, 0.15) is 0 Å². The summed E-state index contributed by atoms with van der Waals surface area (Å²) in [7, 11) is 0. The molecule has 2 heterocycles. The molecule has 2 nitrogen and oxygen atoms in total. The van der Waals surface area contributed by atoms with E-state index in [0.717, 1.165) is 17.3 Å². The van der Waals surface area contributed by atoms with Crippen molar-refractivity contribution < 1.29 is 0 Å². The number of nitrogens with zero attached hydrogens (tertiary/aromatic N) is 1. The smallest absolute Gasteiger partial charge is 0.0876 e. The highest BCUT2D eigenvalue weighted by Crippen LogP contribution is 2.42. The van der Waals surface area contributed by atoms with Gasteiger partial charge in [-0.2, -0.15) is 0 Å². The predicted octanol–water partition coefficient (Wildman–Crippen LogP) is 5.96. The van der Waals surface area contributed by atoms with Crippen LogP contribution in [0.15, 0.2) is 60.4 Å². The maximum atomic E-state index is 6.44.